The molecule has 0 N–H and O–H groups in total. The number of fused-ring (bicyclic) bond motifs is 4. The van der Waals surface area contributed by atoms with Crippen LogP contribution in [0.5, 0.6) is 0 Å². The minimum Gasteiger partial charge on any atom is -0.469 e. The summed E-state index contributed by atoms with van der Waals surface area (Å²) in [6, 6.07) is 24.5. The highest BCUT2D eigenvalue weighted by Crippen LogP contribution is 2.51. The number of ketones is 1. The molecule has 2 aliphatic heterocycles. The maximum Gasteiger partial charge on any atom is 0.276 e. The third kappa shape index (κ3) is 2.67. The predicted molar refractivity (Wildman–Crippen MR) is 133 cm³/mol. The zero-order chi connectivity index (χ0) is 22.0. The summed E-state index contributed by atoms with van der Waals surface area (Å²) < 4.78 is 6.91. The quantitative estimate of drug-likeness (QED) is 0.186. The van der Waals surface area contributed by atoms with E-state index in [1.807, 2.05) is 42.5 Å². The molecule has 156 valence electrons. The molecule has 1 unspecified atom stereocenters. The van der Waals surface area contributed by atoms with E-state index < -0.39 is 5.60 Å². The van der Waals surface area contributed by atoms with Gasteiger partial charge in [0.2, 0.25) is 11.4 Å². The molecule has 1 atom stereocenters. The summed E-state index contributed by atoms with van der Waals surface area (Å²) in [6.07, 6.45) is -0.00938. The zero-order valence-electron chi connectivity index (χ0n) is 17.1. The largest absolute Gasteiger partial charge is 0.469 e. The van der Waals surface area contributed by atoms with Crippen molar-refractivity contribution in [2.45, 2.75) is 18.6 Å². The van der Waals surface area contributed by atoms with Crippen molar-refractivity contribution in [1.82, 2.24) is 0 Å². The molecule has 0 radical (unpaired) electrons. The fourth-order valence-electron chi connectivity index (χ4n) is 5.00. The van der Waals surface area contributed by atoms with Gasteiger partial charge in [-0.05, 0) is 74.0 Å². The van der Waals surface area contributed by atoms with E-state index >= 15 is 0 Å². The number of Topliss-reactive ketones (excluding diaryl/α,β-unsaturated/α-hetero) is 1. The van der Waals surface area contributed by atoms with Gasteiger partial charge >= 0.3 is 0 Å². The molecule has 2 aliphatic rings. The van der Waals surface area contributed by atoms with Crippen LogP contribution in [0.4, 0.5) is 5.69 Å². The second-order valence-corrected chi connectivity index (χ2v) is 9.55. The number of halogens is 1. The normalized spacial score (nSPS) is 19.9. The number of ether oxygens (including phenoxy) is 1. The Hall–Kier alpha value is -3.19. The average molecular weight is 531 g/mol. The van der Waals surface area contributed by atoms with Crippen molar-refractivity contribution >= 4 is 61.5 Å². The maximum absolute atomic E-state index is 13.9. The lowest BCUT2D eigenvalue weighted by Crippen LogP contribution is -2.39. The van der Waals surface area contributed by atoms with Crippen LogP contribution in [-0.2, 0) is 26.5 Å². The summed E-state index contributed by atoms with van der Waals surface area (Å²) in [5.41, 5.74) is 1.29. The van der Waals surface area contributed by atoms with E-state index in [4.69, 9.17) is 4.74 Å². The van der Waals surface area contributed by atoms with Gasteiger partial charge in [-0.15, -0.1) is 0 Å². The van der Waals surface area contributed by atoms with Crippen molar-refractivity contribution in [3.05, 3.63) is 99.8 Å². The van der Waals surface area contributed by atoms with Crippen molar-refractivity contribution in [2.75, 3.05) is 4.90 Å². The molecule has 1 fully saturated rings. The number of amides is 1. The van der Waals surface area contributed by atoms with Crippen molar-refractivity contribution in [1.29, 1.82) is 0 Å². The molecule has 1 amide bonds. The Morgan fingerprint density at radius 3 is 2.22 bits per heavy atom. The van der Waals surface area contributed by atoms with Crippen LogP contribution in [-0.4, -0.2) is 11.7 Å². The number of nitrogens with zero attached hydrogens (tertiary/aromatic N) is 1. The summed E-state index contributed by atoms with van der Waals surface area (Å²) in [6.45, 7) is 4.12. The van der Waals surface area contributed by atoms with E-state index in [1.54, 1.807) is 4.90 Å². The van der Waals surface area contributed by atoms with Crippen molar-refractivity contribution in [3.8, 4) is 0 Å². The Kier molecular flexibility index (Phi) is 4.21. The van der Waals surface area contributed by atoms with Crippen molar-refractivity contribution < 1.29 is 14.3 Å². The van der Waals surface area contributed by atoms with Gasteiger partial charge in [0, 0.05) is 9.13 Å². The summed E-state index contributed by atoms with van der Waals surface area (Å²) >= 11 is 2.22. The van der Waals surface area contributed by atoms with Crippen LogP contribution in [0.2, 0.25) is 0 Å². The van der Waals surface area contributed by atoms with E-state index in [2.05, 4.69) is 59.5 Å². The average Bonchev–Trinajstić information content (AvgIpc) is 3.21. The smallest absolute Gasteiger partial charge is 0.276 e. The number of carbonyl (C=O) groups is 2. The fraction of sp³-hybridized carbons (Fsp3) is 0.111. The second-order valence-electron chi connectivity index (χ2n) is 8.30. The first kappa shape index (κ1) is 19.5. The van der Waals surface area contributed by atoms with Gasteiger partial charge in [-0.1, -0.05) is 55.1 Å². The van der Waals surface area contributed by atoms with E-state index in [-0.39, 0.29) is 23.9 Å². The van der Waals surface area contributed by atoms with Gasteiger partial charge < -0.3 is 9.64 Å². The van der Waals surface area contributed by atoms with E-state index in [0.29, 0.717) is 6.54 Å². The number of hydrogen-bond acceptors (Lipinski definition) is 3. The lowest BCUT2D eigenvalue weighted by Gasteiger charge is -2.24. The highest BCUT2D eigenvalue weighted by Gasteiger charge is 2.58. The molecule has 5 heteroatoms. The molecule has 0 saturated carbocycles. The third-order valence-corrected chi connectivity index (χ3v) is 7.16. The molecule has 1 saturated heterocycles. The molecule has 0 aromatic heterocycles. The van der Waals surface area contributed by atoms with Crippen LogP contribution in [0.1, 0.15) is 17.5 Å². The van der Waals surface area contributed by atoms with Gasteiger partial charge in [-0.25, -0.2) is 0 Å². The lowest BCUT2D eigenvalue weighted by atomic mass is 9.92. The van der Waals surface area contributed by atoms with Crippen LogP contribution in [0.25, 0.3) is 21.5 Å². The van der Waals surface area contributed by atoms with Gasteiger partial charge in [-0.2, -0.15) is 0 Å². The van der Waals surface area contributed by atoms with Crippen LogP contribution in [0, 0.1) is 3.57 Å². The predicted octanol–water partition coefficient (Wildman–Crippen LogP) is 5.84. The van der Waals surface area contributed by atoms with Gasteiger partial charge in [-0.3, -0.25) is 9.59 Å². The minimum absolute atomic E-state index is 0.00938. The lowest BCUT2D eigenvalue weighted by molar-refractivity contribution is -0.135. The minimum atomic E-state index is -1.31. The Balaban J connectivity index is 1.56. The molecule has 1 spiro atoms. The monoisotopic (exact) mass is 531 g/mol. The molecule has 4 nitrogen and oxygen atoms in total. The fourth-order valence-corrected chi connectivity index (χ4v) is 5.49. The third-order valence-electron chi connectivity index (χ3n) is 6.49. The Labute approximate surface area is 198 Å². The summed E-state index contributed by atoms with van der Waals surface area (Å²) in [5.74, 6) is -0.375. The van der Waals surface area contributed by atoms with Crippen LogP contribution >= 0.6 is 22.6 Å². The second kappa shape index (κ2) is 6.90. The Morgan fingerprint density at radius 2 is 1.59 bits per heavy atom. The van der Waals surface area contributed by atoms with Crippen LogP contribution in [0.15, 0.2) is 85.1 Å². The Bertz CT molecular complexity index is 1420. The molecular weight excluding hydrogens is 513 g/mol. The first-order valence-electron chi connectivity index (χ1n) is 10.4. The highest BCUT2D eigenvalue weighted by molar-refractivity contribution is 14.1. The molecule has 0 bridgehead atoms. The number of benzene rings is 4. The SMILES string of the molecule is C=C1OC2(CC1=O)C(=O)N(Cc1c3ccccc3cc3ccccc13)c1ccc(I)cc12. The first-order valence-corrected chi connectivity index (χ1v) is 11.5. The summed E-state index contributed by atoms with van der Waals surface area (Å²) in [5, 5.41) is 4.48. The van der Waals surface area contributed by atoms with Gasteiger partial charge in [0.15, 0.2) is 5.76 Å². The van der Waals surface area contributed by atoms with E-state index in [1.165, 1.54) is 0 Å². The maximum atomic E-state index is 13.9. The van der Waals surface area contributed by atoms with Crippen molar-refractivity contribution in [3.63, 3.8) is 0 Å². The van der Waals surface area contributed by atoms with Crippen molar-refractivity contribution in [2.24, 2.45) is 0 Å². The number of allylic oxidation sites excluding steroid dienone is 1. The standard InChI is InChI=1S/C27H18INO3/c1-16-25(30)14-27(32-16)23-13-19(28)10-11-24(23)29(26(27)31)15-22-20-8-4-2-6-17(20)12-18-7-3-5-9-21(18)22/h2-13H,1,14-15H2. The number of hydrogen-bond donors (Lipinski definition) is 0. The molecule has 2 heterocycles. The van der Waals surface area contributed by atoms with E-state index in [0.717, 1.165) is 41.9 Å². The topological polar surface area (TPSA) is 46.6 Å². The van der Waals surface area contributed by atoms with Crippen LogP contribution in [0.3, 0.4) is 0 Å². The molecule has 32 heavy (non-hydrogen) atoms. The molecule has 6 rings (SSSR count). The molecule has 0 aliphatic carbocycles. The number of anilines is 1. The van der Waals surface area contributed by atoms with Crippen LogP contribution < -0.4 is 4.90 Å². The number of rotatable bonds is 2. The zero-order valence-corrected chi connectivity index (χ0v) is 19.3. The summed E-state index contributed by atoms with van der Waals surface area (Å²) in [7, 11) is 0. The van der Waals surface area contributed by atoms with Gasteiger partial charge in [0.05, 0.1) is 18.7 Å². The summed E-state index contributed by atoms with van der Waals surface area (Å²) in [4.78, 5) is 28.0. The number of carbonyl (C=O) groups excluding carboxylic acids is 2. The Morgan fingerprint density at radius 1 is 0.938 bits per heavy atom. The molecular formula is C27H18INO3. The van der Waals surface area contributed by atoms with E-state index in [9.17, 15) is 9.59 Å². The first-order chi connectivity index (χ1) is 15.5. The molecule has 4 aromatic carbocycles. The van der Waals surface area contributed by atoms with Gasteiger partial charge in [0.25, 0.3) is 5.91 Å². The molecule has 4 aromatic rings. The highest BCUT2D eigenvalue weighted by atomic mass is 127. The van der Waals surface area contributed by atoms with Gasteiger partial charge in [0.1, 0.15) is 0 Å².